The molecule has 1 unspecified atom stereocenters. The van der Waals surface area contributed by atoms with Crippen LogP contribution in [-0.2, 0) is 6.42 Å². The standard InChI is InChI=1S/C14H17N3/c1-10-9-11-12(15)5-4-6-13(11)17(10)14-7-2-3-8-16-14/h2-3,7-9,12H,4-6,15H2,1H3. The van der Waals surface area contributed by atoms with E-state index in [0.717, 1.165) is 18.7 Å². The molecule has 2 N–H and O–H groups in total. The molecule has 88 valence electrons. The first kappa shape index (κ1) is 10.5. The predicted molar refractivity (Wildman–Crippen MR) is 68.2 cm³/mol. The number of pyridine rings is 1. The van der Waals surface area contributed by atoms with E-state index < -0.39 is 0 Å². The first-order valence-electron chi connectivity index (χ1n) is 6.15. The molecule has 3 heteroatoms. The quantitative estimate of drug-likeness (QED) is 0.813. The number of aryl methyl sites for hydroxylation is 1. The van der Waals surface area contributed by atoms with E-state index in [4.69, 9.17) is 5.73 Å². The van der Waals surface area contributed by atoms with Crippen molar-refractivity contribution in [2.24, 2.45) is 5.73 Å². The highest BCUT2D eigenvalue weighted by Crippen LogP contribution is 2.32. The Morgan fingerprint density at radius 1 is 1.41 bits per heavy atom. The van der Waals surface area contributed by atoms with Crippen LogP contribution in [0.2, 0.25) is 0 Å². The number of rotatable bonds is 1. The van der Waals surface area contributed by atoms with Crippen LogP contribution in [-0.4, -0.2) is 9.55 Å². The minimum atomic E-state index is 0.197. The molecule has 1 aliphatic carbocycles. The highest BCUT2D eigenvalue weighted by Gasteiger charge is 2.22. The Labute approximate surface area is 101 Å². The van der Waals surface area contributed by atoms with E-state index in [2.05, 4.69) is 22.5 Å². The maximum atomic E-state index is 6.17. The van der Waals surface area contributed by atoms with Gasteiger partial charge in [0.1, 0.15) is 5.82 Å². The van der Waals surface area contributed by atoms with Gasteiger partial charge in [0.15, 0.2) is 0 Å². The van der Waals surface area contributed by atoms with Gasteiger partial charge in [-0.05, 0) is 49.9 Å². The molecule has 0 radical (unpaired) electrons. The second-order valence-electron chi connectivity index (χ2n) is 4.71. The summed E-state index contributed by atoms with van der Waals surface area (Å²) >= 11 is 0. The van der Waals surface area contributed by atoms with Crippen LogP contribution in [0.15, 0.2) is 30.5 Å². The van der Waals surface area contributed by atoms with E-state index in [0.29, 0.717) is 0 Å². The maximum Gasteiger partial charge on any atom is 0.136 e. The minimum absolute atomic E-state index is 0.197. The molecule has 2 aromatic rings. The second-order valence-corrected chi connectivity index (χ2v) is 4.71. The van der Waals surface area contributed by atoms with Crippen molar-refractivity contribution < 1.29 is 0 Å². The van der Waals surface area contributed by atoms with Crippen molar-refractivity contribution in [3.8, 4) is 5.82 Å². The monoisotopic (exact) mass is 227 g/mol. The van der Waals surface area contributed by atoms with Crippen LogP contribution in [0.3, 0.4) is 0 Å². The largest absolute Gasteiger partial charge is 0.324 e. The number of fused-ring (bicyclic) bond motifs is 1. The Morgan fingerprint density at radius 2 is 2.29 bits per heavy atom. The highest BCUT2D eigenvalue weighted by molar-refractivity contribution is 5.40. The summed E-state index contributed by atoms with van der Waals surface area (Å²) in [7, 11) is 0. The normalized spacial score (nSPS) is 19.1. The number of hydrogen-bond acceptors (Lipinski definition) is 2. The summed E-state index contributed by atoms with van der Waals surface area (Å²) in [6.45, 7) is 2.12. The third kappa shape index (κ3) is 1.67. The fourth-order valence-electron chi connectivity index (χ4n) is 2.74. The van der Waals surface area contributed by atoms with Crippen LogP contribution in [0.1, 0.15) is 35.8 Å². The van der Waals surface area contributed by atoms with Gasteiger partial charge in [-0.25, -0.2) is 4.98 Å². The number of nitrogens with two attached hydrogens (primary N) is 1. The third-order valence-electron chi connectivity index (χ3n) is 3.53. The summed E-state index contributed by atoms with van der Waals surface area (Å²) in [4.78, 5) is 4.44. The Hall–Kier alpha value is -1.61. The fraction of sp³-hybridized carbons (Fsp3) is 0.357. The average molecular weight is 227 g/mol. The Morgan fingerprint density at radius 3 is 3.06 bits per heavy atom. The van der Waals surface area contributed by atoms with Crippen molar-refractivity contribution >= 4 is 0 Å². The SMILES string of the molecule is Cc1cc2c(n1-c1ccccn1)CCCC2N. The van der Waals surface area contributed by atoms with Crippen LogP contribution >= 0.6 is 0 Å². The van der Waals surface area contributed by atoms with E-state index in [1.54, 1.807) is 0 Å². The van der Waals surface area contributed by atoms with Gasteiger partial charge in [0.2, 0.25) is 0 Å². The van der Waals surface area contributed by atoms with Gasteiger partial charge in [-0.2, -0.15) is 0 Å². The maximum absolute atomic E-state index is 6.17. The highest BCUT2D eigenvalue weighted by atomic mass is 15.1. The van der Waals surface area contributed by atoms with Gasteiger partial charge in [0.05, 0.1) is 0 Å². The van der Waals surface area contributed by atoms with Gasteiger partial charge >= 0.3 is 0 Å². The summed E-state index contributed by atoms with van der Waals surface area (Å²) in [6, 6.07) is 8.43. The molecule has 1 atom stereocenters. The van der Waals surface area contributed by atoms with Gasteiger partial charge in [0.25, 0.3) is 0 Å². The molecule has 0 fully saturated rings. The van der Waals surface area contributed by atoms with Gasteiger partial charge in [0, 0.05) is 23.6 Å². The molecule has 17 heavy (non-hydrogen) atoms. The molecule has 2 aromatic heterocycles. The molecule has 3 nitrogen and oxygen atoms in total. The molecule has 0 saturated heterocycles. The van der Waals surface area contributed by atoms with Crippen LogP contribution in [0.25, 0.3) is 5.82 Å². The van der Waals surface area contributed by atoms with E-state index in [9.17, 15) is 0 Å². The molecular formula is C14H17N3. The molecule has 1 aliphatic rings. The summed E-state index contributed by atoms with van der Waals surface area (Å²) < 4.78 is 2.24. The van der Waals surface area contributed by atoms with Gasteiger partial charge < -0.3 is 10.3 Å². The minimum Gasteiger partial charge on any atom is -0.324 e. The van der Waals surface area contributed by atoms with Crippen LogP contribution < -0.4 is 5.73 Å². The van der Waals surface area contributed by atoms with E-state index in [1.165, 1.54) is 23.4 Å². The van der Waals surface area contributed by atoms with Crippen LogP contribution in [0, 0.1) is 6.92 Å². The lowest BCUT2D eigenvalue weighted by molar-refractivity contribution is 0.559. The Balaban J connectivity index is 2.18. The summed E-state index contributed by atoms with van der Waals surface area (Å²) in [5, 5.41) is 0. The number of nitrogens with zero attached hydrogens (tertiary/aromatic N) is 2. The van der Waals surface area contributed by atoms with Crippen molar-refractivity contribution in [3.05, 3.63) is 47.4 Å². The van der Waals surface area contributed by atoms with Gasteiger partial charge in [-0.15, -0.1) is 0 Å². The van der Waals surface area contributed by atoms with Crippen molar-refractivity contribution in [2.45, 2.75) is 32.2 Å². The molecule has 0 aromatic carbocycles. The smallest absolute Gasteiger partial charge is 0.136 e. The molecular weight excluding hydrogens is 210 g/mol. The van der Waals surface area contributed by atoms with Gasteiger partial charge in [-0.3, -0.25) is 0 Å². The predicted octanol–water partition coefficient (Wildman–Crippen LogP) is 2.52. The van der Waals surface area contributed by atoms with Crippen LogP contribution in [0.5, 0.6) is 0 Å². The zero-order valence-corrected chi connectivity index (χ0v) is 10.1. The summed E-state index contributed by atoms with van der Waals surface area (Å²) in [5.41, 5.74) is 10.1. The van der Waals surface area contributed by atoms with Crippen molar-refractivity contribution in [1.29, 1.82) is 0 Å². The molecule has 0 saturated carbocycles. The van der Waals surface area contributed by atoms with Gasteiger partial charge in [-0.1, -0.05) is 6.07 Å². The molecule has 0 aliphatic heterocycles. The summed E-state index contributed by atoms with van der Waals surface area (Å²) in [5.74, 6) is 1.00. The Kier molecular flexibility index (Phi) is 2.48. The van der Waals surface area contributed by atoms with Crippen molar-refractivity contribution in [1.82, 2.24) is 9.55 Å². The van der Waals surface area contributed by atoms with E-state index in [1.807, 2.05) is 24.4 Å². The lowest BCUT2D eigenvalue weighted by Crippen LogP contribution is -2.18. The van der Waals surface area contributed by atoms with E-state index >= 15 is 0 Å². The third-order valence-corrected chi connectivity index (χ3v) is 3.53. The average Bonchev–Trinajstić information content (AvgIpc) is 2.68. The number of aromatic nitrogens is 2. The topological polar surface area (TPSA) is 43.8 Å². The lowest BCUT2D eigenvalue weighted by atomic mass is 9.93. The first-order valence-corrected chi connectivity index (χ1v) is 6.15. The lowest BCUT2D eigenvalue weighted by Gasteiger charge is -2.20. The number of hydrogen-bond donors (Lipinski definition) is 1. The van der Waals surface area contributed by atoms with Crippen molar-refractivity contribution in [2.75, 3.05) is 0 Å². The second kappa shape index (κ2) is 4.00. The fourth-order valence-corrected chi connectivity index (χ4v) is 2.74. The molecule has 0 amide bonds. The first-order chi connectivity index (χ1) is 8.27. The molecule has 3 rings (SSSR count). The zero-order valence-electron chi connectivity index (χ0n) is 10.1. The molecule has 0 bridgehead atoms. The van der Waals surface area contributed by atoms with Crippen molar-refractivity contribution in [3.63, 3.8) is 0 Å². The van der Waals surface area contributed by atoms with E-state index in [-0.39, 0.29) is 6.04 Å². The molecule has 2 heterocycles. The Bertz CT molecular complexity index is 528. The van der Waals surface area contributed by atoms with Crippen LogP contribution in [0.4, 0.5) is 0 Å². The molecule has 0 spiro atoms. The zero-order chi connectivity index (χ0) is 11.8. The summed E-state index contributed by atoms with van der Waals surface area (Å²) in [6.07, 6.45) is 5.21.